The standard InChI is InChI=1S/C21H28N2OS/c1-4-23(5-2)20-13-11-18(12-14-20)15-22-21(24)17(3)25-16-19-9-7-6-8-10-19/h6-14,17H,4-5,15-16H2,1-3H3,(H,22,24)/t17-/m0/s1. The number of hydrogen-bond donors (Lipinski definition) is 1. The highest BCUT2D eigenvalue weighted by Gasteiger charge is 2.13. The van der Waals surface area contributed by atoms with Gasteiger partial charge in [0.05, 0.1) is 5.25 Å². The molecule has 1 amide bonds. The first kappa shape index (κ1) is 19.4. The number of carbonyl (C=O) groups excluding carboxylic acids is 1. The third-order valence-corrected chi connectivity index (χ3v) is 5.46. The van der Waals surface area contributed by atoms with Crippen LogP contribution in [0.4, 0.5) is 5.69 Å². The molecule has 0 unspecified atom stereocenters. The maximum absolute atomic E-state index is 12.3. The van der Waals surface area contributed by atoms with Gasteiger partial charge in [-0.3, -0.25) is 4.79 Å². The topological polar surface area (TPSA) is 32.3 Å². The lowest BCUT2D eigenvalue weighted by atomic mass is 10.2. The smallest absolute Gasteiger partial charge is 0.233 e. The molecule has 0 spiro atoms. The Morgan fingerprint density at radius 1 is 1.00 bits per heavy atom. The molecule has 0 saturated carbocycles. The van der Waals surface area contributed by atoms with Crippen molar-refractivity contribution < 1.29 is 4.79 Å². The number of rotatable bonds is 9. The van der Waals surface area contributed by atoms with Gasteiger partial charge in [-0.25, -0.2) is 0 Å². The summed E-state index contributed by atoms with van der Waals surface area (Å²) in [5.41, 5.74) is 3.61. The average Bonchev–Trinajstić information content (AvgIpc) is 2.67. The largest absolute Gasteiger partial charge is 0.372 e. The molecule has 1 atom stereocenters. The molecule has 2 rings (SSSR count). The van der Waals surface area contributed by atoms with Gasteiger partial charge < -0.3 is 10.2 Å². The summed E-state index contributed by atoms with van der Waals surface area (Å²) in [5.74, 6) is 0.947. The van der Waals surface area contributed by atoms with E-state index in [1.165, 1.54) is 11.3 Å². The van der Waals surface area contributed by atoms with E-state index < -0.39 is 0 Å². The Bertz CT molecular complexity index is 639. The molecule has 1 N–H and O–H groups in total. The van der Waals surface area contributed by atoms with Crippen LogP contribution in [0, 0.1) is 0 Å². The van der Waals surface area contributed by atoms with Crippen molar-refractivity contribution in [3.8, 4) is 0 Å². The molecule has 25 heavy (non-hydrogen) atoms. The van der Waals surface area contributed by atoms with E-state index in [-0.39, 0.29) is 11.2 Å². The van der Waals surface area contributed by atoms with E-state index >= 15 is 0 Å². The first-order valence-corrected chi connectivity index (χ1v) is 9.96. The van der Waals surface area contributed by atoms with Gasteiger partial charge in [0, 0.05) is 31.1 Å². The second-order valence-electron chi connectivity index (χ2n) is 6.00. The van der Waals surface area contributed by atoms with Crippen molar-refractivity contribution in [3.63, 3.8) is 0 Å². The lowest BCUT2D eigenvalue weighted by Crippen LogP contribution is -2.30. The molecule has 0 aliphatic rings. The van der Waals surface area contributed by atoms with Crippen LogP contribution in [0.5, 0.6) is 0 Å². The summed E-state index contributed by atoms with van der Waals surface area (Å²) in [4.78, 5) is 14.6. The van der Waals surface area contributed by atoms with Gasteiger partial charge in [-0.15, -0.1) is 11.8 Å². The van der Waals surface area contributed by atoms with E-state index in [9.17, 15) is 4.79 Å². The molecule has 4 heteroatoms. The highest BCUT2D eigenvalue weighted by Crippen LogP contribution is 2.18. The molecule has 2 aromatic rings. The van der Waals surface area contributed by atoms with Gasteiger partial charge in [0.25, 0.3) is 0 Å². The minimum atomic E-state index is -0.0600. The van der Waals surface area contributed by atoms with Crippen LogP contribution in [0.1, 0.15) is 31.9 Å². The van der Waals surface area contributed by atoms with E-state index in [4.69, 9.17) is 0 Å². The molecular weight excluding hydrogens is 328 g/mol. The van der Waals surface area contributed by atoms with E-state index in [2.05, 4.69) is 60.5 Å². The number of benzene rings is 2. The van der Waals surface area contributed by atoms with Crippen molar-refractivity contribution in [2.45, 2.75) is 38.3 Å². The molecule has 2 aromatic carbocycles. The van der Waals surface area contributed by atoms with E-state index in [0.29, 0.717) is 6.54 Å². The predicted octanol–water partition coefficient (Wildman–Crippen LogP) is 4.47. The summed E-state index contributed by atoms with van der Waals surface area (Å²) in [7, 11) is 0. The SMILES string of the molecule is CCN(CC)c1ccc(CNC(=O)[C@H](C)SCc2ccccc2)cc1. The molecule has 3 nitrogen and oxygen atoms in total. The summed E-state index contributed by atoms with van der Waals surface area (Å²) in [6.07, 6.45) is 0. The van der Waals surface area contributed by atoms with Crippen molar-refractivity contribution >= 4 is 23.4 Å². The minimum absolute atomic E-state index is 0.0600. The summed E-state index contributed by atoms with van der Waals surface area (Å²) in [5, 5.41) is 2.98. The van der Waals surface area contributed by atoms with Crippen LogP contribution in [0.3, 0.4) is 0 Å². The number of hydrogen-bond acceptors (Lipinski definition) is 3. The van der Waals surface area contributed by atoms with Crippen molar-refractivity contribution in [1.29, 1.82) is 0 Å². The third kappa shape index (κ3) is 6.13. The summed E-state index contributed by atoms with van der Waals surface area (Å²) in [6, 6.07) is 18.7. The maximum atomic E-state index is 12.3. The van der Waals surface area contributed by atoms with Crippen LogP contribution < -0.4 is 10.2 Å². The Morgan fingerprint density at radius 3 is 2.24 bits per heavy atom. The summed E-state index contributed by atoms with van der Waals surface area (Å²) < 4.78 is 0. The van der Waals surface area contributed by atoms with Crippen molar-refractivity contribution in [2.24, 2.45) is 0 Å². The number of carbonyl (C=O) groups is 1. The highest BCUT2D eigenvalue weighted by molar-refractivity contribution is 7.99. The molecule has 0 saturated heterocycles. The zero-order valence-corrected chi connectivity index (χ0v) is 16.2. The fraction of sp³-hybridized carbons (Fsp3) is 0.381. The Hall–Kier alpha value is -1.94. The molecule has 0 bridgehead atoms. The summed E-state index contributed by atoms with van der Waals surface area (Å²) >= 11 is 1.67. The van der Waals surface area contributed by atoms with Gasteiger partial charge in [0.15, 0.2) is 0 Å². The number of thioether (sulfide) groups is 1. The number of nitrogens with one attached hydrogen (secondary N) is 1. The van der Waals surface area contributed by atoms with Crippen LogP contribution in [0.2, 0.25) is 0 Å². The molecule has 0 aliphatic heterocycles. The zero-order valence-electron chi connectivity index (χ0n) is 15.4. The Balaban J connectivity index is 1.78. The van der Waals surface area contributed by atoms with Gasteiger partial charge in [-0.1, -0.05) is 42.5 Å². The van der Waals surface area contributed by atoms with Crippen molar-refractivity contribution in [1.82, 2.24) is 5.32 Å². The lowest BCUT2D eigenvalue weighted by molar-refractivity contribution is -0.120. The lowest BCUT2D eigenvalue weighted by Gasteiger charge is -2.21. The summed E-state index contributed by atoms with van der Waals surface area (Å²) in [6.45, 7) is 8.86. The second kappa shape index (κ2) is 10.1. The number of nitrogens with zero attached hydrogens (tertiary/aromatic N) is 1. The fourth-order valence-corrected chi connectivity index (χ4v) is 3.49. The van der Waals surface area contributed by atoms with Gasteiger partial charge in [0.1, 0.15) is 0 Å². The third-order valence-electron chi connectivity index (χ3n) is 4.24. The second-order valence-corrected chi connectivity index (χ2v) is 7.32. The monoisotopic (exact) mass is 356 g/mol. The van der Waals surface area contributed by atoms with Crippen molar-refractivity contribution in [3.05, 3.63) is 65.7 Å². The zero-order chi connectivity index (χ0) is 18.1. The number of anilines is 1. The van der Waals surface area contributed by atoms with Gasteiger partial charge in [-0.2, -0.15) is 0 Å². The van der Waals surface area contributed by atoms with E-state index in [1.54, 1.807) is 11.8 Å². The first-order valence-electron chi connectivity index (χ1n) is 8.91. The first-order chi connectivity index (χ1) is 12.1. The quantitative estimate of drug-likeness (QED) is 0.719. The Morgan fingerprint density at radius 2 is 1.64 bits per heavy atom. The van der Waals surface area contributed by atoms with Crippen LogP contribution in [0.25, 0.3) is 0 Å². The fourth-order valence-electron chi connectivity index (χ4n) is 2.62. The predicted molar refractivity (Wildman–Crippen MR) is 109 cm³/mol. The molecular formula is C21H28N2OS. The molecule has 0 aromatic heterocycles. The van der Waals surface area contributed by atoms with Crippen molar-refractivity contribution in [2.75, 3.05) is 18.0 Å². The molecule has 0 fully saturated rings. The van der Waals surface area contributed by atoms with Crippen LogP contribution >= 0.6 is 11.8 Å². The van der Waals surface area contributed by atoms with Crippen LogP contribution in [-0.4, -0.2) is 24.2 Å². The number of amides is 1. The van der Waals surface area contributed by atoms with E-state index in [0.717, 1.165) is 24.4 Å². The molecule has 134 valence electrons. The van der Waals surface area contributed by atoms with Crippen LogP contribution in [0.15, 0.2) is 54.6 Å². The van der Waals surface area contributed by atoms with Gasteiger partial charge >= 0.3 is 0 Å². The molecule has 0 heterocycles. The minimum Gasteiger partial charge on any atom is -0.372 e. The maximum Gasteiger partial charge on any atom is 0.233 e. The highest BCUT2D eigenvalue weighted by atomic mass is 32.2. The van der Waals surface area contributed by atoms with Gasteiger partial charge in [0.2, 0.25) is 5.91 Å². The Labute approximate surface area is 155 Å². The average molecular weight is 357 g/mol. The van der Waals surface area contributed by atoms with Gasteiger partial charge in [-0.05, 0) is 44.0 Å². The normalized spacial score (nSPS) is 11.8. The van der Waals surface area contributed by atoms with Crippen LogP contribution in [-0.2, 0) is 17.1 Å². The molecule has 0 aliphatic carbocycles. The molecule has 0 radical (unpaired) electrons. The Kier molecular flexibility index (Phi) is 7.86. The van der Waals surface area contributed by atoms with E-state index in [1.807, 2.05) is 25.1 Å².